The lowest BCUT2D eigenvalue weighted by molar-refractivity contribution is -0.384. The van der Waals surface area contributed by atoms with Gasteiger partial charge in [0.05, 0.1) is 22.7 Å². The first-order chi connectivity index (χ1) is 9.92. The second-order valence-corrected chi connectivity index (χ2v) is 4.99. The van der Waals surface area contributed by atoms with E-state index >= 15 is 0 Å². The number of aliphatic hydroxyl groups is 3. The molecular weight excluding hydrogens is 306 g/mol. The normalized spacial score (nSPS) is 29.1. The van der Waals surface area contributed by atoms with Gasteiger partial charge >= 0.3 is 0 Å². The van der Waals surface area contributed by atoms with E-state index in [1.54, 1.807) is 0 Å². The largest absolute Gasteiger partial charge is 0.461 e. The van der Waals surface area contributed by atoms with Crippen molar-refractivity contribution < 1.29 is 29.7 Å². The number of nitrogens with zero attached hydrogens (tertiary/aromatic N) is 1. The molecule has 0 aromatic heterocycles. The summed E-state index contributed by atoms with van der Waals surface area (Å²) in [7, 11) is 0. The van der Waals surface area contributed by atoms with E-state index in [2.05, 4.69) is 0 Å². The van der Waals surface area contributed by atoms with Gasteiger partial charge in [0.15, 0.2) is 0 Å². The van der Waals surface area contributed by atoms with Gasteiger partial charge in [-0.25, -0.2) is 0 Å². The minimum absolute atomic E-state index is 0.00771. The molecule has 9 heteroatoms. The van der Waals surface area contributed by atoms with Crippen LogP contribution in [0, 0.1) is 10.1 Å². The van der Waals surface area contributed by atoms with Gasteiger partial charge < -0.3 is 24.8 Å². The fourth-order valence-electron chi connectivity index (χ4n) is 1.96. The van der Waals surface area contributed by atoms with Crippen LogP contribution in [0.25, 0.3) is 0 Å². The number of ether oxygens (including phenoxy) is 2. The van der Waals surface area contributed by atoms with Crippen LogP contribution in [0.2, 0.25) is 5.02 Å². The monoisotopic (exact) mass is 319 g/mol. The molecular formula is C12H14ClNO7. The third-order valence-electron chi connectivity index (χ3n) is 3.08. The van der Waals surface area contributed by atoms with Crippen LogP contribution in [-0.4, -0.2) is 51.5 Å². The fraction of sp³-hybridized carbons (Fsp3) is 0.500. The van der Waals surface area contributed by atoms with Crippen molar-refractivity contribution >= 4 is 17.3 Å². The molecule has 4 atom stereocenters. The van der Waals surface area contributed by atoms with Gasteiger partial charge in [-0.3, -0.25) is 10.1 Å². The number of halogens is 1. The van der Waals surface area contributed by atoms with Gasteiger partial charge in [0.25, 0.3) is 5.69 Å². The van der Waals surface area contributed by atoms with Crippen LogP contribution in [0.5, 0.6) is 5.75 Å². The number of nitro groups is 1. The molecule has 0 bridgehead atoms. The zero-order valence-electron chi connectivity index (χ0n) is 10.8. The van der Waals surface area contributed by atoms with E-state index in [1.807, 2.05) is 0 Å². The molecule has 1 fully saturated rings. The number of nitro benzene ring substituents is 1. The first-order valence-electron chi connectivity index (χ1n) is 6.15. The van der Waals surface area contributed by atoms with E-state index < -0.39 is 36.1 Å². The number of rotatable bonds is 4. The van der Waals surface area contributed by atoms with Crippen molar-refractivity contribution in [1.29, 1.82) is 0 Å². The smallest absolute Gasteiger partial charge is 0.271 e. The highest BCUT2D eigenvalue weighted by Crippen LogP contribution is 2.31. The van der Waals surface area contributed by atoms with Crippen molar-refractivity contribution in [3.63, 3.8) is 0 Å². The van der Waals surface area contributed by atoms with Crippen LogP contribution in [0.1, 0.15) is 6.42 Å². The number of hydrogen-bond donors (Lipinski definition) is 3. The molecule has 116 valence electrons. The SMILES string of the molecule is O=[N+]([O-])c1ccc(O[C@@H]2OC(CO)[C@@H](O)C[C@@H]2O)c(Cl)c1. The van der Waals surface area contributed by atoms with Crippen molar-refractivity contribution in [2.75, 3.05) is 6.61 Å². The maximum atomic E-state index is 10.6. The molecule has 0 aliphatic carbocycles. The van der Waals surface area contributed by atoms with Crippen LogP contribution in [0.3, 0.4) is 0 Å². The Kier molecular flexibility index (Phi) is 4.96. The highest BCUT2D eigenvalue weighted by Gasteiger charge is 2.37. The van der Waals surface area contributed by atoms with Crippen LogP contribution in [0.4, 0.5) is 5.69 Å². The minimum atomic E-state index is -1.13. The zero-order chi connectivity index (χ0) is 15.6. The lowest BCUT2D eigenvalue weighted by Gasteiger charge is -2.36. The second-order valence-electron chi connectivity index (χ2n) is 4.59. The van der Waals surface area contributed by atoms with Crippen molar-refractivity contribution in [3.05, 3.63) is 33.3 Å². The van der Waals surface area contributed by atoms with Gasteiger partial charge in [0.1, 0.15) is 18.0 Å². The average Bonchev–Trinajstić information content (AvgIpc) is 2.43. The Labute approximate surface area is 124 Å². The number of non-ortho nitro benzene ring substituents is 1. The molecule has 1 aromatic carbocycles. The van der Waals surface area contributed by atoms with E-state index in [0.29, 0.717) is 0 Å². The molecule has 1 aromatic rings. The molecule has 1 heterocycles. The van der Waals surface area contributed by atoms with Crippen molar-refractivity contribution in [2.45, 2.75) is 31.0 Å². The predicted octanol–water partition coefficient (Wildman–Crippen LogP) is 0.456. The summed E-state index contributed by atoms with van der Waals surface area (Å²) in [6, 6.07) is 3.61. The summed E-state index contributed by atoms with van der Waals surface area (Å²) < 4.78 is 10.6. The predicted molar refractivity (Wildman–Crippen MR) is 71.1 cm³/mol. The fourth-order valence-corrected chi connectivity index (χ4v) is 2.18. The van der Waals surface area contributed by atoms with Gasteiger partial charge in [-0.05, 0) is 6.07 Å². The molecule has 3 N–H and O–H groups in total. The lowest BCUT2D eigenvalue weighted by atomic mass is 10.0. The Morgan fingerprint density at radius 1 is 1.43 bits per heavy atom. The summed E-state index contributed by atoms with van der Waals surface area (Å²) >= 11 is 5.87. The molecule has 0 amide bonds. The molecule has 1 unspecified atom stereocenters. The molecule has 1 aliphatic rings. The third-order valence-corrected chi connectivity index (χ3v) is 3.38. The summed E-state index contributed by atoms with van der Waals surface area (Å²) in [4.78, 5) is 10.0. The van der Waals surface area contributed by atoms with Gasteiger partial charge in [-0.15, -0.1) is 0 Å². The van der Waals surface area contributed by atoms with Gasteiger partial charge in [-0.2, -0.15) is 0 Å². The average molecular weight is 320 g/mol. The molecule has 1 saturated heterocycles. The van der Waals surface area contributed by atoms with E-state index in [0.717, 1.165) is 6.07 Å². The molecule has 8 nitrogen and oxygen atoms in total. The standard InChI is InChI=1S/C12H14ClNO7/c13-7-3-6(14(18)19)1-2-10(7)20-12-9(17)4-8(16)11(5-15)21-12/h1-3,8-9,11-12,15-17H,4-5H2/t8-,9-,11?,12+/m0/s1. The second kappa shape index (κ2) is 6.54. The van der Waals surface area contributed by atoms with Crippen LogP contribution in [0.15, 0.2) is 18.2 Å². The van der Waals surface area contributed by atoms with Crippen molar-refractivity contribution in [1.82, 2.24) is 0 Å². The van der Waals surface area contributed by atoms with Crippen LogP contribution >= 0.6 is 11.6 Å². The molecule has 0 radical (unpaired) electrons. The van der Waals surface area contributed by atoms with E-state index in [-0.39, 0.29) is 22.9 Å². The van der Waals surface area contributed by atoms with E-state index in [1.165, 1.54) is 12.1 Å². The maximum absolute atomic E-state index is 10.6. The lowest BCUT2D eigenvalue weighted by Crippen LogP contribution is -2.51. The van der Waals surface area contributed by atoms with Gasteiger partial charge in [0.2, 0.25) is 6.29 Å². The Morgan fingerprint density at radius 2 is 2.14 bits per heavy atom. The summed E-state index contributed by atoms with van der Waals surface area (Å²) in [6.07, 6.45) is -4.16. The Balaban J connectivity index is 2.12. The molecule has 1 aliphatic heterocycles. The molecule has 2 rings (SSSR count). The van der Waals surface area contributed by atoms with Crippen LogP contribution < -0.4 is 4.74 Å². The number of benzene rings is 1. The Hall–Kier alpha value is -1.45. The zero-order valence-corrected chi connectivity index (χ0v) is 11.5. The number of hydrogen-bond acceptors (Lipinski definition) is 7. The quantitative estimate of drug-likeness (QED) is 0.544. The molecule has 21 heavy (non-hydrogen) atoms. The maximum Gasteiger partial charge on any atom is 0.271 e. The highest BCUT2D eigenvalue weighted by atomic mass is 35.5. The molecule has 0 saturated carbocycles. The molecule has 0 spiro atoms. The van der Waals surface area contributed by atoms with Crippen molar-refractivity contribution in [2.24, 2.45) is 0 Å². The highest BCUT2D eigenvalue weighted by molar-refractivity contribution is 6.32. The first kappa shape index (κ1) is 15.9. The Morgan fingerprint density at radius 3 is 2.71 bits per heavy atom. The van der Waals surface area contributed by atoms with E-state index in [9.17, 15) is 20.3 Å². The van der Waals surface area contributed by atoms with Gasteiger partial charge in [-0.1, -0.05) is 11.6 Å². The summed E-state index contributed by atoms with van der Waals surface area (Å²) in [5.74, 6) is 0.0967. The third kappa shape index (κ3) is 3.60. The summed E-state index contributed by atoms with van der Waals surface area (Å²) in [6.45, 7) is -0.429. The van der Waals surface area contributed by atoms with Crippen LogP contribution in [-0.2, 0) is 4.74 Å². The van der Waals surface area contributed by atoms with Gasteiger partial charge in [0, 0.05) is 18.6 Å². The minimum Gasteiger partial charge on any atom is -0.461 e. The van der Waals surface area contributed by atoms with E-state index in [4.69, 9.17) is 26.2 Å². The summed E-state index contributed by atoms with van der Waals surface area (Å²) in [5.41, 5.74) is -0.193. The topological polar surface area (TPSA) is 122 Å². The van der Waals surface area contributed by atoms with Crippen molar-refractivity contribution in [3.8, 4) is 5.75 Å². The Bertz CT molecular complexity index is 526. The first-order valence-corrected chi connectivity index (χ1v) is 6.53. The number of aliphatic hydroxyl groups excluding tert-OH is 3. The summed E-state index contributed by atoms with van der Waals surface area (Å²) in [5, 5.41) is 39.0.